The SMILES string of the molecule is NC1=C(C(=O)S)CCC1. The monoisotopic (exact) mass is 143 g/mol. The minimum atomic E-state index is -0.162. The maximum absolute atomic E-state index is 10.6. The number of allylic oxidation sites excluding steroid dienone is 1. The van der Waals surface area contributed by atoms with E-state index < -0.39 is 0 Å². The van der Waals surface area contributed by atoms with E-state index >= 15 is 0 Å². The molecule has 0 aromatic rings. The second-order valence-electron chi connectivity index (χ2n) is 2.16. The first-order valence-corrected chi connectivity index (χ1v) is 3.37. The predicted molar refractivity (Wildman–Crippen MR) is 39.1 cm³/mol. The fraction of sp³-hybridized carbons (Fsp3) is 0.500. The van der Waals surface area contributed by atoms with Crippen molar-refractivity contribution < 1.29 is 4.79 Å². The highest BCUT2D eigenvalue weighted by molar-refractivity contribution is 7.97. The third-order valence-corrected chi connectivity index (χ3v) is 1.79. The van der Waals surface area contributed by atoms with Crippen molar-refractivity contribution in [2.24, 2.45) is 5.73 Å². The van der Waals surface area contributed by atoms with Crippen molar-refractivity contribution in [1.82, 2.24) is 0 Å². The largest absolute Gasteiger partial charge is 0.402 e. The van der Waals surface area contributed by atoms with Crippen LogP contribution < -0.4 is 5.73 Å². The summed E-state index contributed by atoms with van der Waals surface area (Å²) in [5.74, 6) is 0. The number of rotatable bonds is 1. The zero-order chi connectivity index (χ0) is 6.85. The summed E-state index contributed by atoms with van der Waals surface area (Å²) < 4.78 is 0. The molecule has 0 aromatic heterocycles. The van der Waals surface area contributed by atoms with Gasteiger partial charge in [0.05, 0.1) is 0 Å². The summed E-state index contributed by atoms with van der Waals surface area (Å²) in [4.78, 5) is 10.6. The first-order chi connectivity index (χ1) is 4.22. The molecule has 0 atom stereocenters. The Morgan fingerprint density at radius 1 is 1.56 bits per heavy atom. The molecular weight excluding hydrogens is 134 g/mol. The number of hydrogen-bond donors (Lipinski definition) is 2. The molecule has 0 aliphatic heterocycles. The molecule has 1 aliphatic carbocycles. The lowest BCUT2D eigenvalue weighted by molar-refractivity contribution is -0.107. The van der Waals surface area contributed by atoms with Crippen LogP contribution in [0.15, 0.2) is 11.3 Å². The summed E-state index contributed by atoms with van der Waals surface area (Å²) in [7, 11) is 0. The molecule has 0 saturated heterocycles. The molecule has 50 valence electrons. The Morgan fingerprint density at radius 3 is 2.44 bits per heavy atom. The van der Waals surface area contributed by atoms with Crippen LogP contribution in [0.25, 0.3) is 0 Å². The second-order valence-corrected chi connectivity index (χ2v) is 2.57. The number of hydrogen-bond acceptors (Lipinski definition) is 2. The summed E-state index contributed by atoms with van der Waals surface area (Å²) in [5.41, 5.74) is 6.94. The van der Waals surface area contributed by atoms with Gasteiger partial charge in [-0.15, -0.1) is 12.6 Å². The number of nitrogens with two attached hydrogens (primary N) is 1. The van der Waals surface area contributed by atoms with E-state index in [4.69, 9.17) is 5.73 Å². The van der Waals surface area contributed by atoms with Crippen molar-refractivity contribution in [2.75, 3.05) is 0 Å². The van der Waals surface area contributed by atoms with E-state index in [0.29, 0.717) is 0 Å². The van der Waals surface area contributed by atoms with Crippen LogP contribution in [-0.2, 0) is 4.79 Å². The van der Waals surface area contributed by atoms with Crippen LogP contribution in [0.4, 0.5) is 0 Å². The third-order valence-electron chi connectivity index (χ3n) is 1.52. The molecule has 1 rings (SSSR count). The summed E-state index contributed by atoms with van der Waals surface area (Å²) in [6.07, 6.45) is 2.68. The van der Waals surface area contributed by atoms with Crippen LogP contribution in [0.3, 0.4) is 0 Å². The van der Waals surface area contributed by atoms with Crippen LogP contribution >= 0.6 is 12.6 Å². The first-order valence-electron chi connectivity index (χ1n) is 2.92. The summed E-state index contributed by atoms with van der Waals surface area (Å²) >= 11 is 3.68. The normalized spacial score (nSPS) is 18.8. The molecule has 1 aliphatic rings. The van der Waals surface area contributed by atoms with E-state index in [1.165, 1.54) is 0 Å². The standard InChI is InChI=1S/C6H9NOS/c7-5-3-1-2-4(5)6(8)9/h1-3,7H2,(H,8,9). The molecule has 2 N–H and O–H groups in total. The van der Waals surface area contributed by atoms with Crippen molar-refractivity contribution in [1.29, 1.82) is 0 Å². The van der Waals surface area contributed by atoms with Gasteiger partial charge in [-0.2, -0.15) is 0 Å². The third kappa shape index (κ3) is 1.27. The predicted octanol–water partition coefficient (Wildman–Crippen LogP) is 0.840. The van der Waals surface area contributed by atoms with Gasteiger partial charge in [0.1, 0.15) is 0 Å². The molecule has 0 amide bonds. The minimum absolute atomic E-state index is 0.162. The Hall–Kier alpha value is -0.440. The van der Waals surface area contributed by atoms with Crippen LogP contribution in [0, 0.1) is 0 Å². The molecule has 0 fully saturated rings. The Bertz CT molecular complexity index is 174. The molecule has 9 heavy (non-hydrogen) atoms. The van der Waals surface area contributed by atoms with Crippen molar-refractivity contribution in [2.45, 2.75) is 19.3 Å². The molecule has 0 bridgehead atoms. The van der Waals surface area contributed by atoms with E-state index in [0.717, 1.165) is 30.5 Å². The van der Waals surface area contributed by atoms with Crippen molar-refractivity contribution in [3.63, 3.8) is 0 Å². The Morgan fingerprint density at radius 2 is 2.22 bits per heavy atom. The van der Waals surface area contributed by atoms with Gasteiger partial charge in [0.25, 0.3) is 0 Å². The van der Waals surface area contributed by atoms with Crippen LogP contribution in [0.1, 0.15) is 19.3 Å². The second kappa shape index (κ2) is 2.43. The van der Waals surface area contributed by atoms with Crippen LogP contribution in [-0.4, -0.2) is 5.12 Å². The highest BCUT2D eigenvalue weighted by atomic mass is 32.1. The average Bonchev–Trinajstić information content (AvgIpc) is 2.13. The van der Waals surface area contributed by atoms with Crippen LogP contribution in [0.5, 0.6) is 0 Å². The minimum Gasteiger partial charge on any atom is -0.402 e. The summed E-state index contributed by atoms with van der Waals surface area (Å²) in [6, 6.07) is 0. The lowest BCUT2D eigenvalue weighted by atomic mass is 10.2. The van der Waals surface area contributed by atoms with Crippen molar-refractivity contribution in [3.8, 4) is 0 Å². The highest BCUT2D eigenvalue weighted by Crippen LogP contribution is 2.23. The van der Waals surface area contributed by atoms with Gasteiger partial charge in [0, 0.05) is 11.3 Å². The maximum atomic E-state index is 10.6. The Balaban J connectivity index is 2.78. The smallest absolute Gasteiger partial charge is 0.214 e. The van der Waals surface area contributed by atoms with Crippen molar-refractivity contribution >= 4 is 17.7 Å². The molecule has 0 heterocycles. The van der Waals surface area contributed by atoms with Gasteiger partial charge in [0.15, 0.2) is 0 Å². The molecular formula is C6H9NOS. The molecule has 0 aromatic carbocycles. The fourth-order valence-corrected chi connectivity index (χ4v) is 1.27. The zero-order valence-corrected chi connectivity index (χ0v) is 5.95. The number of carbonyl (C=O) groups excluding carboxylic acids is 1. The van der Waals surface area contributed by atoms with Crippen LogP contribution in [0.2, 0.25) is 0 Å². The molecule has 0 unspecified atom stereocenters. The number of thiol groups is 1. The van der Waals surface area contributed by atoms with Gasteiger partial charge >= 0.3 is 0 Å². The highest BCUT2D eigenvalue weighted by Gasteiger charge is 2.15. The summed E-state index contributed by atoms with van der Waals surface area (Å²) in [5, 5.41) is -0.162. The maximum Gasteiger partial charge on any atom is 0.214 e. The molecule has 0 radical (unpaired) electrons. The zero-order valence-electron chi connectivity index (χ0n) is 5.05. The lowest BCUT2D eigenvalue weighted by Gasteiger charge is -1.93. The van der Waals surface area contributed by atoms with E-state index in [9.17, 15) is 4.79 Å². The average molecular weight is 143 g/mol. The molecule has 3 heteroatoms. The quantitative estimate of drug-likeness (QED) is 0.534. The van der Waals surface area contributed by atoms with Gasteiger partial charge in [-0.05, 0) is 19.3 Å². The number of carbonyl (C=O) groups is 1. The van der Waals surface area contributed by atoms with Gasteiger partial charge in [0.2, 0.25) is 5.12 Å². The molecule has 2 nitrogen and oxygen atoms in total. The van der Waals surface area contributed by atoms with Gasteiger partial charge < -0.3 is 5.73 Å². The van der Waals surface area contributed by atoms with E-state index in [2.05, 4.69) is 12.6 Å². The molecule has 0 saturated carbocycles. The summed E-state index contributed by atoms with van der Waals surface area (Å²) in [6.45, 7) is 0. The fourth-order valence-electron chi connectivity index (χ4n) is 1.01. The molecule has 0 spiro atoms. The topological polar surface area (TPSA) is 43.1 Å². The Kier molecular flexibility index (Phi) is 1.81. The van der Waals surface area contributed by atoms with E-state index in [1.54, 1.807) is 0 Å². The van der Waals surface area contributed by atoms with Gasteiger partial charge in [-0.25, -0.2) is 0 Å². The van der Waals surface area contributed by atoms with Gasteiger partial charge in [-0.1, -0.05) is 0 Å². The first kappa shape index (κ1) is 6.68. The Labute approximate surface area is 59.5 Å². The van der Waals surface area contributed by atoms with Gasteiger partial charge in [-0.3, -0.25) is 4.79 Å². The van der Waals surface area contributed by atoms with Crippen molar-refractivity contribution in [3.05, 3.63) is 11.3 Å². The van der Waals surface area contributed by atoms with E-state index in [1.807, 2.05) is 0 Å². The lowest BCUT2D eigenvalue weighted by Crippen LogP contribution is -2.00. The van der Waals surface area contributed by atoms with E-state index in [-0.39, 0.29) is 5.12 Å².